The molecule has 4 rings (SSSR count). The minimum Gasteiger partial charge on any atom is -0.492 e. The molecule has 204 valence electrons. The Morgan fingerprint density at radius 1 is 1.10 bits per heavy atom. The molecule has 1 aliphatic heterocycles. The van der Waals surface area contributed by atoms with Crippen molar-refractivity contribution in [1.29, 1.82) is 0 Å². The maximum atomic E-state index is 13.1. The molecule has 0 saturated heterocycles. The van der Waals surface area contributed by atoms with Crippen molar-refractivity contribution in [3.05, 3.63) is 59.5 Å². The van der Waals surface area contributed by atoms with Gasteiger partial charge in [-0.2, -0.15) is 15.2 Å². The zero-order valence-electron chi connectivity index (χ0n) is 22.3. The number of anilines is 2. The lowest BCUT2D eigenvalue weighted by molar-refractivity contribution is -0.112. The summed E-state index contributed by atoms with van der Waals surface area (Å²) in [5.41, 5.74) is 6.33. The highest BCUT2D eigenvalue weighted by Gasteiger charge is 2.32. The fraction of sp³-hybridized carbons (Fsp3) is 0.321. The van der Waals surface area contributed by atoms with Crippen LogP contribution in [-0.2, 0) is 9.53 Å². The molecule has 1 aliphatic rings. The number of carbonyl (C=O) groups excluding carboxylic acids is 2. The standard InChI is InChI=1S/C28H32N6O4S/c1-4-16-37-17-8-15-29-26(35)21-13-11-20(12-14-21)23-18-39-28(30-23)34-27(36)25(19(3)33-34)32-31-22-9-6-7-10-24(22)38-5-2/h6-7,9-14,18,31H,4-5,8,15-17H2,1-3H3,(H,29,35)/b32-25+. The molecule has 0 spiro atoms. The van der Waals surface area contributed by atoms with Crippen molar-refractivity contribution in [2.75, 3.05) is 36.8 Å². The SMILES string of the molecule is CCCOCCCNC(=O)c1ccc(-c2csc(N3N=C(C)/C(=N\Nc4ccccc4OCC)C3=O)n2)cc1. The molecular weight excluding hydrogens is 516 g/mol. The van der Waals surface area contributed by atoms with E-state index in [0.29, 0.717) is 53.3 Å². The van der Waals surface area contributed by atoms with Crippen LogP contribution in [0.15, 0.2) is 64.1 Å². The van der Waals surface area contributed by atoms with Gasteiger partial charge < -0.3 is 14.8 Å². The average Bonchev–Trinajstić information content (AvgIpc) is 3.54. The summed E-state index contributed by atoms with van der Waals surface area (Å²) in [6.07, 6.45) is 1.75. The molecule has 10 nitrogen and oxygen atoms in total. The van der Waals surface area contributed by atoms with Gasteiger partial charge in [-0.15, -0.1) is 11.3 Å². The maximum absolute atomic E-state index is 13.1. The van der Waals surface area contributed by atoms with Crippen LogP contribution in [0.25, 0.3) is 11.3 Å². The number of para-hydroxylation sites is 2. The fourth-order valence-corrected chi connectivity index (χ4v) is 4.50. The molecule has 0 atom stereocenters. The third-order valence-electron chi connectivity index (χ3n) is 5.68. The van der Waals surface area contributed by atoms with Crippen molar-refractivity contribution in [3.63, 3.8) is 0 Å². The summed E-state index contributed by atoms with van der Waals surface area (Å²) in [5.74, 6) is 0.140. The Morgan fingerprint density at radius 2 is 1.90 bits per heavy atom. The number of ether oxygens (including phenoxy) is 2. The largest absolute Gasteiger partial charge is 0.492 e. The zero-order valence-corrected chi connectivity index (χ0v) is 23.1. The number of nitrogens with zero attached hydrogens (tertiary/aromatic N) is 4. The Labute approximate surface area is 231 Å². The van der Waals surface area contributed by atoms with Gasteiger partial charge in [0.1, 0.15) is 5.75 Å². The van der Waals surface area contributed by atoms with Gasteiger partial charge in [0, 0.05) is 36.3 Å². The molecule has 0 fully saturated rings. The highest BCUT2D eigenvalue weighted by Crippen LogP contribution is 2.30. The molecule has 0 bridgehead atoms. The van der Waals surface area contributed by atoms with Gasteiger partial charge >= 0.3 is 5.91 Å². The summed E-state index contributed by atoms with van der Waals surface area (Å²) in [4.78, 5) is 30.1. The lowest BCUT2D eigenvalue weighted by atomic mass is 10.1. The first-order valence-electron chi connectivity index (χ1n) is 12.9. The molecule has 1 aromatic heterocycles. The molecule has 2 heterocycles. The number of rotatable bonds is 13. The molecule has 0 radical (unpaired) electrons. The molecule has 2 aromatic carbocycles. The second-order valence-corrected chi connectivity index (χ2v) is 9.45. The number of amides is 2. The van der Waals surface area contributed by atoms with E-state index in [9.17, 15) is 9.59 Å². The number of hydrogen-bond acceptors (Lipinski definition) is 9. The van der Waals surface area contributed by atoms with Crippen LogP contribution in [0.4, 0.5) is 10.8 Å². The molecule has 2 amide bonds. The minimum atomic E-state index is -0.373. The maximum Gasteiger partial charge on any atom is 0.303 e. The molecule has 0 aliphatic carbocycles. The smallest absolute Gasteiger partial charge is 0.303 e. The van der Waals surface area contributed by atoms with Gasteiger partial charge in [0.05, 0.1) is 23.7 Å². The quantitative estimate of drug-likeness (QED) is 0.231. The summed E-state index contributed by atoms with van der Waals surface area (Å²) < 4.78 is 11.0. The van der Waals surface area contributed by atoms with Gasteiger partial charge in [-0.25, -0.2) is 4.98 Å². The Balaban J connectivity index is 1.37. The Hall–Kier alpha value is -4.09. The average molecular weight is 549 g/mol. The van der Waals surface area contributed by atoms with Crippen molar-refractivity contribution in [3.8, 4) is 17.0 Å². The highest BCUT2D eigenvalue weighted by atomic mass is 32.1. The molecule has 2 N–H and O–H groups in total. The first-order valence-corrected chi connectivity index (χ1v) is 13.8. The summed E-state index contributed by atoms with van der Waals surface area (Å²) in [6, 6.07) is 14.6. The highest BCUT2D eigenvalue weighted by molar-refractivity contribution is 7.14. The number of benzene rings is 2. The van der Waals surface area contributed by atoms with Crippen molar-refractivity contribution >= 4 is 45.4 Å². The zero-order chi connectivity index (χ0) is 27.6. The topological polar surface area (TPSA) is 118 Å². The third kappa shape index (κ3) is 7.06. The van der Waals surface area contributed by atoms with Crippen LogP contribution in [0.5, 0.6) is 5.75 Å². The second-order valence-electron chi connectivity index (χ2n) is 8.62. The Bertz CT molecular complexity index is 1350. The number of hydrazone groups is 2. The van der Waals surface area contributed by atoms with Crippen LogP contribution < -0.4 is 20.5 Å². The fourth-order valence-electron chi connectivity index (χ4n) is 3.72. The van der Waals surface area contributed by atoms with E-state index in [1.54, 1.807) is 19.1 Å². The van der Waals surface area contributed by atoms with Crippen molar-refractivity contribution in [1.82, 2.24) is 10.3 Å². The van der Waals surface area contributed by atoms with Gasteiger partial charge in [0.2, 0.25) is 5.13 Å². The molecule has 3 aromatic rings. The predicted molar refractivity (Wildman–Crippen MR) is 155 cm³/mol. The van der Waals surface area contributed by atoms with Gasteiger partial charge in [0.15, 0.2) is 5.71 Å². The predicted octanol–water partition coefficient (Wildman–Crippen LogP) is 4.95. The van der Waals surface area contributed by atoms with Crippen molar-refractivity contribution in [2.45, 2.75) is 33.6 Å². The molecule has 0 saturated carbocycles. The minimum absolute atomic E-state index is 0.132. The molecular formula is C28H32N6O4S. The van der Waals surface area contributed by atoms with Crippen LogP contribution in [0.3, 0.4) is 0 Å². The Morgan fingerprint density at radius 3 is 2.67 bits per heavy atom. The molecule has 39 heavy (non-hydrogen) atoms. The van der Waals surface area contributed by atoms with E-state index in [1.165, 1.54) is 16.3 Å². The first-order chi connectivity index (χ1) is 19.0. The van der Waals surface area contributed by atoms with Gasteiger partial charge in [-0.3, -0.25) is 15.0 Å². The van der Waals surface area contributed by atoms with E-state index >= 15 is 0 Å². The van der Waals surface area contributed by atoms with E-state index in [-0.39, 0.29) is 17.5 Å². The lowest BCUT2D eigenvalue weighted by Crippen LogP contribution is -2.27. The number of carbonyl (C=O) groups is 2. The Kier molecular flexibility index (Phi) is 9.76. The van der Waals surface area contributed by atoms with E-state index in [4.69, 9.17) is 9.47 Å². The van der Waals surface area contributed by atoms with Crippen LogP contribution in [0.1, 0.15) is 44.0 Å². The normalized spacial score (nSPS) is 14.0. The molecule has 0 unspecified atom stereocenters. The lowest BCUT2D eigenvalue weighted by Gasteiger charge is -2.09. The van der Waals surface area contributed by atoms with Crippen LogP contribution >= 0.6 is 11.3 Å². The van der Waals surface area contributed by atoms with E-state index in [1.807, 2.05) is 48.7 Å². The van der Waals surface area contributed by atoms with E-state index < -0.39 is 0 Å². The van der Waals surface area contributed by atoms with Gasteiger partial charge in [0.25, 0.3) is 5.91 Å². The third-order valence-corrected chi connectivity index (χ3v) is 6.49. The number of nitrogens with one attached hydrogen (secondary N) is 2. The summed E-state index contributed by atoms with van der Waals surface area (Å²) in [7, 11) is 0. The van der Waals surface area contributed by atoms with Gasteiger partial charge in [-0.05, 0) is 51.0 Å². The summed E-state index contributed by atoms with van der Waals surface area (Å²) in [5, 5.41) is 15.1. The van der Waals surface area contributed by atoms with E-state index in [2.05, 4.69) is 32.9 Å². The van der Waals surface area contributed by atoms with Gasteiger partial charge in [-0.1, -0.05) is 31.2 Å². The first kappa shape index (κ1) is 27.9. The van der Waals surface area contributed by atoms with E-state index in [0.717, 1.165) is 25.0 Å². The van der Waals surface area contributed by atoms with Crippen molar-refractivity contribution < 1.29 is 19.1 Å². The van der Waals surface area contributed by atoms with Crippen LogP contribution in [0.2, 0.25) is 0 Å². The monoisotopic (exact) mass is 548 g/mol. The van der Waals surface area contributed by atoms with Crippen LogP contribution in [0, 0.1) is 0 Å². The van der Waals surface area contributed by atoms with Crippen molar-refractivity contribution in [2.24, 2.45) is 10.2 Å². The van der Waals surface area contributed by atoms with Crippen LogP contribution in [-0.4, -0.2) is 54.6 Å². The summed E-state index contributed by atoms with van der Waals surface area (Å²) in [6.45, 7) is 8.13. The number of thiazole rings is 1. The number of hydrogen-bond donors (Lipinski definition) is 2. The second kappa shape index (κ2) is 13.6. The molecule has 11 heteroatoms. The number of aromatic nitrogens is 1. The summed E-state index contributed by atoms with van der Waals surface area (Å²) >= 11 is 1.30.